The van der Waals surface area contributed by atoms with E-state index < -0.39 is 18.7 Å². The second kappa shape index (κ2) is 9.68. The number of halogens is 3. The van der Waals surface area contributed by atoms with Gasteiger partial charge in [-0.2, -0.15) is 13.2 Å². The molecule has 1 fully saturated rings. The number of likely N-dealkylation sites (tertiary alicyclic amines) is 1. The van der Waals surface area contributed by atoms with Crippen LogP contribution in [0.3, 0.4) is 0 Å². The molecule has 6 nitrogen and oxygen atoms in total. The number of H-pyrrole nitrogens is 1. The van der Waals surface area contributed by atoms with Crippen LogP contribution in [0.15, 0.2) is 42.6 Å². The molecule has 1 aliphatic rings. The summed E-state index contributed by atoms with van der Waals surface area (Å²) in [6.07, 6.45) is -1.34. The summed E-state index contributed by atoms with van der Waals surface area (Å²) < 4.78 is 44.1. The summed E-state index contributed by atoms with van der Waals surface area (Å²) in [5.74, 6) is -0.252. The van der Waals surface area contributed by atoms with Crippen molar-refractivity contribution < 1.29 is 27.8 Å². The van der Waals surface area contributed by atoms with E-state index in [-0.39, 0.29) is 17.6 Å². The number of hydrogen-bond acceptors (Lipinski definition) is 4. The minimum Gasteiger partial charge on any atom is -0.496 e. The Balaban J connectivity index is 1.65. The first-order chi connectivity index (χ1) is 16.2. The van der Waals surface area contributed by atoms with Gasteiger partial charge in [0.05, 0.1) is 19.2 Å². The monoisotopic (exact) mass is 475 g/mol. The van der Waals surface area contributed by atoms with Crippen molar-refractivity contribution in [2.75, 3.05) is 20.2 Å². The van der Waals surface area contributed by atoms with E-state index in [0.717, 1.165) is 33.3 Å². The van der Waals surface area contributed by atoms with E-state index in [1.165, 1.54) is 0 Å². The second-order valence-electron chi connectivity index (χ2n) is 8.77. The van der Waals surface area contributed by atoms with E-state index >= 15 is 0 Å². The van der Waals surface area contributed by atoms with Gasteiger partial charge in [-0.3, -0.25) is 4.90 Å². The zero-order valence-electron chi connectivity index (χ0n) is 19.1. The Kier molecular flexibility index (Phi) is 6.86. The number of benzene rings is 2. The number of rotatable bonds is 7. The quantitative estimate of drug-likeness (QED) is 0.446. The number of carboxylic acids is 1. The number of hydrogen-bond donors (Lipinski definition) is 3. The van der Waals surface area contributed by atoms with Crippen molar-refractivity contribution in [2.45, 2.75) is 44.6 Å². The van der Waals surface area contributed by atoms with E-state index in [9.17, 15) is 23.1 Å². The lowest BCUT2D eigenvalue weighted by atomic mass is 9.90. The number of nitrogens with zero attached hydrogens (tertiary/aromatic N) is 1. The molecule has 34 heavy (non-hydrogen) atoms. The Labute approximate surface area is 195 Å². The smallest absolute Gasteiger partial charge is 0.401 e. The molecule has 182 valence electrons. The summed E-state index contributed by atoms with van der Waals surface area (Å²) in [5, 5.41) is 12.9. The number of fused-ring (bicyclic) bond motifs is 1. The molecule has 0 saturated carbocycles. The standard InChI is InChI=1S/C25H28F3N3O3/c1-15-11-22(34-2)20(19-7-9-29-23(15)19)13-31-10-8-18(30-14-25(26,27)28)12-21(31)16-3-5-17(6-4-16)24(32)33/h3-7,9,11,18,21,29-30H,8,10,12-14H2,1-2H3,(H,32,33)/t18-,21-/m1/s1. The summed E-state index contributed by atoms with van der Waals surface area (Å²) in [4.78, 5) is 16.8. The SMILES string of the molecule is COc1cc(C)c2[nH]ccc2c1CN1CC[C@@H](NCC(F)(F)F)C[C@@H]1c1ccc(C(=O)O)cc1. The lowest BCUT2D eigenvalue weighted by Crippen LogP contribution is -2.46. The molecule has 1 saturated heterocycles. The molecular weight excluding hydrogens is 447 g/mol. The Morgan fingerprint density at radius 3 is 2.65 bits per heavy atom. The summed E-state index contributed by atoms with van der Waals surface area (Å²) >= 11 is 0. The van der Waals surface area contributed by atoms with Crippen LogP contribution >= 0.6 is 0 Å². The largest absolute Gasteiger partial charge is 0.496 e. The number of aromatic nitrogens is 1. The number of alkyl halides is 3. The van der Waals surface area contributed by atoms with Gasteiger partial charge in [-0.25, -0.2) is 4.79 Å². The summed E-state index contributed by atoms with van der Waals surface area (Å²) in [6.45, 7) is 2.12. The van der Waals surface area contributed by atoms with Gasteiger partial charge in [0.2, 0.25) is 0 Å². The van der Waals surface area contributed by atoms with Gasteiger partial charge in [-0.1, -0.05) is 12.1 Å². The van der Waals surface area contributed by atoms with Gasteiger partial charge in [0.25, 0.3) is 0 Å². The number of aromatic carboxylic acids is 1. The molecule has 0 aliphatic carbocycles. The van der Waals surface area contributed by atoms with Gasteiger partial charge in [0.15, 0.2) is 0 Å². The molecule has 4 rings (SSSR count). The van der Waals surface area contributed by atoms with Crippen LogP contribution in [-0.4, -0.2) is 53.4 Å². The molecule has 9 heteroatoms. The zero-order chi connectivity index (χ0) is 24.5. The van der Waals surface area contributed by atoms with Crippen molar-refractivity contribution in [3.63, 3.8) is 0 Å². The van der Waals surface area contributed by atoms with Crippen LogP contribution in [0.25, 0.3) is 10.9 Å². The van der Waals surface area contributed by atoms with Gasteiger partial charge >= 0.3 is 12.1 Å². The third-order valence-corrected chi connectivity index (χ3v) is 6.54. The minimum absolute atomic E-state index is 0.173. The van der Waals surface area contributed by atoms with E-state index in [1.54, 1.807) is 31.4 Å². The third kappa shape index (κ3) is 5.20. The molecule has 0 bridgehead atoms. The Hall–Kier alpha value is -3.04. The van der Waals surface area contributed by atoms with Crippen LogP contribution in [0.2, 0.25) is 0 Å². The molecule has 2 aromatic carbocycles. The van der Waals surface area contributed by atoms with E-state index in [1.807, 2.05) is 25.3 Å². The molecule has 0 radical (unpaired) electrons. The fourth-order valence-electron chi connectivity index (χ4n) is 4.83. The van der Waals surface area contributed by atoms with Crippen molar-refractivity contribution >= 4 is 16.9 Å². The fourth-order valence-corrected chi connectivity index (χ4v) is 4.83. The van der Waals surface area contributed by atoms with E-state index in [0.29, 0.717) is 25.9 Å². The average Bonchev–Trinajstić information content (AvgIpc) is 3.30. The van der Waals surface area contributed by atoms with Crippen LogP contribution in [0, 0.1) is 6.92 Å². The van der Waals surface area contributed by atoms with Gasteiger partial charge < -0.3 is 20.1 Å². The highest BCUT2D eigenvalue weighted by Gasteiger charge is 2.34. The topological polar surface area (TPSA) is 77.6 Å². The maximum Gasteiger partial charge on any atom is 0.401 e. The highest BCUT2D eigenvalue weighted by Crippen LogP contribution is 2.37. The predicted molar refractivity (Wildman–Crippen MR) is 123 cm³/mol. The van der Waals surface area contributed by atoms with Crippen LogP contribution < -0.4 is 10.1 Å². The first-order valence-corrected chi connectivity index (χ1v) is 11.2. The molecule has 0 amide bonds. The van der Waals surface area contributed by atoms with Crippen molar-refractivity contribution in [1.29, 1.82) is 0 Å². The molecule has 3 aromatic rings. The predicted octanol–water partition coefficient (Wildman–Crippen LogP) is 5.04. The van der Waals surface area contributed by atoms with E-state index in [2.05, 4.69) is 15.2 Å². The highest BCUT2D eigenvalue weighted by atomic mass is 19.4. The minimum atomic E-state index is -4.27. The summed E-state index contributed by atoms with van der Waals surface area (Å²) in [5.41, 5.74) is 4.15. The Morgan fingerprint density at radius 1 is 1.26 bits per heavy atom. The van der Waals surface area contributed by atoms with Crippen LogP contribution in [0.1, 0.15) is 45.9 Å². The van der Waals surface area contributed by atoms with E-state index in [4.69, 9.17) is 4.74 Å². The molecule has 3 N–H and O–H groups in total. The summed E-state index contributed by atoms with van der Waals surface area (Å²) in [6, 6.07) is 10.1. The number of aryl methyl sites for hydroxylation is 1. The zero-order valence-corrected chi connectivity index (χ0v) is 19.1. The van der Waals surface area contributed by atoms with Gasteiger partial charge in [0, 0.05) is 47.8 Å². The first kappa shape index (κ1) is 24.1. The molecular formula is C25H28F3N3O3. The first-order valence-electron chi connectivity index (χ1n) is 11.2. The average molecular weight is 476 g/mol. The van der Waals surface area contributed by atoms with Crippen molar-refractivity contribution in [1.82, 2.24) is 15.2 Å². The number of aromatic amines is 1. The molecule has 1 aromatic heterocycles. The fraction of sp³-hybridized carbons (Fsp3) is 0.400. The van der Waals surface area contributed by atoms with Gasteiger partial charge in [0.1, 0.15) is 5.75 Å². The number of carbonyl (C=O) groups is 1. The van der Waals surface area contributed by atoms with Crippen molar-refractivity contribution in [3.05, 3.63) is 64.8 Å². The number of nitrogens with one attached hydrogen (secondary N) is 2. The number of piperidine rings is 1. The van der Waals surface area contributed by atoms with Gasteiger partial charge in [-0.15, -0.1) is 0 Å². The lowest BCUT2D eigenvalue weighted by molar-refractivity contribution is -0.127. The highest BCUT2D eigenvalue weighted by molar-refractivity contribution is 5.88. The molecule has 1 aliphatic heterocycles. The summed E-state index contributed by atoms with van der Waals surface area (Å²) in [7, 11) is 1.63. The second-order valence-corrected chi connectivity index (χ2v) is 8.77. The maximum absolute atomic E-state index is 12.8. The van der Waals surface area contributed by atoms with Crippen LogP contribution in [0.4, 0.5) is 13.2 Å². The van der Waals surface area contributed by atoms with Crippen molar-refractivity contribution in [2.24, 2.45) is 0 Å². The molecule has 0 unspecified atom stereocenters. The maximum atomic E-state index is 12.8. The van der Waals surface area contributed by atoms with Gasteiger partial charge in [-0.05, 0) is 55.2 Å². The number of carboxylic acid groups (broad SMARTS) is 1. The van der Waals surface area contributed by atoms with Crippen LogP contribution in [-0.2, 0) is 6.54 Å². The molecule has 0 spiro atoms. The Morgan fingerprint density at radius 2 is 2.00 bits per heavy atom. The lowest BCUT2D eigenvalue weighted by Gasteiger charge is -2.40. The number of ether oxygens (including phenoxy) is 1. The molecule has 2 heterocycles. The van der Waals surface area contributed by atoms with Crippen molar-refractivity contribution in [3.8, 4) is 5.75 Å². The third-order valence-electron chi connectivity index (χ3n) is 6.54. The normalized spacial score (nSPS) is 19.4. The number of methoxy groups -OCH3 is 1. The molecule has 2 atom stereocenters. The van der Waals surface area contributed by atoms with Crippen LogP contribution in [0.5, 0.6) is 5.75 Å². The Bertz CT molecular complexity index is 1160.